The number of amides is 2. The summed E-state index contributed by atoms with van der Waals surface area (Å²) in [6, 6.07) is 5.74. The number of nitrogens with zero attached hydrogens (tertiary/aromatic N) is 1. The summed E-state index contributed by atoms with van der Waals surface area (Å²) >= 11 is 0. The summed E-state index contributed by atoms with van der Waals surface area (Å²) in [6.45, 7) is 2.27. The Kier molecular flexibility index (Phi) is 3.52. The molecule has 0 aliphatic heterocycles. The normalized spacial score (nSPS) is 9.07. The van der Waals surface area contributed by atoms with Gasteiger partial charge < -0.3 is 15.7 Å². The standard InChI is InChI=1S/C10H11N3O2/c1-2-12-10(15)13-8-5-7(6-11)3-4-9(8)14/h3-5,14H,2H2,1H3,(H2,12,13,15). The van der Waals surface area contributed by atoms with Crippen LogP contribution in [0.2, 0.25) is 0 Å². The van der Waals surface area contributed by atoms with Crippen molar-refractivity contribution in [1.82, 2.24) is 5.32 Å². The maximum Gasteiger partial charge on any atom is 0.319 e. The van der Waals surface area contributed by atoms with Gasteiger partial charge in [0.25, 0.3) is 0 Å². The van der Waals surface area contributed by atoms with Gasteiger partial charge in [-0.3, -0.25) is 0 Å². The first kappa shape index (κ1) is 10.9. The average molecular weight is 205 g/mol. The highest BCUT2D eigenvalue weighted by Gasteiger charge is 2.05. The third kappa shape index (κ3) is 2.88. The summed E-state index contributed by atoms with van der Waals surface area (Å²) in [6.07, 6.45) is 0. The minimum Gasteiger partial charge on any atom is -0.506 e. The van der Waals surface area contributed by atoms with Gasteiger partial charge in [0.05, 0.1) is 17.3 Å². The zero-order chi connectivity index (χ0) is 11.3. The van der Waals surface area contributed by atoms with E-state index in [1.165, 1.54) is 18.2 Å². The Morgan fingerprint density at radius 3 is 2.93 bits per heavy atom. The van der Waals surface area contributed by atoms with E-state index >= 15 is 0 Å². The average Bonchev–Trinajstić information content (AvgIpc) is 2.21. The number of phenolic OH excluding ortho intramolecular Hbond substituents is 1. The van der Waals surface area contributed by atoms with Gasteiger partial charge in [0.1, 0.15) is 5.75 Å². The van der Waals surface area contributed by atoms with Gasteiger partial charge in [-0.15, -0.1) is 0 Å². The first-order valence-corrected chi connectivity index (χ1v) is 4.45. The molecule has 0 spiro atoms. The molecule has 1 aromatic carbocycles. The van der Waals surface area contributed by atoms with Gasteiger partial charge >= 0.3 is 6.03 Å². The number of carbonyl (C=O) groups is 1. The third-order valence-corrected chi connectivity index (χ3v) is 1.71. The Labute approximate surface area is 87.3 Å². The monoisotopic (exact) mass is 205 g/mol. The molecule has 0 bridgehead atoms. The van der Waals surface area contributed by atoms with Gasteiger partial charge in [-0.05, 0) is 25.1 Å². The van der Waals surface area contributed by atoms with Crippen molar-refractivity contribution in [1.29, 1.82) is 5.26 Å². The van der Waals surface area contributed by atoms with E-state index in [0.717, 1.165) is 0 Å². The van der Waals surface area contributed by atoms with Crippen LogP contribution in [-0.4, -0.2) is 17.7 Å². The second-order valence-corrected chi connectivity index (χ2v) is 2.83. The van der Waals surface area contributed by atoms with Gasteiger partial charge in [-0.1, -0.05) is 0 Å². The molecular weight excluding hydrogens is 194 g/mol. The number of nitrogens with one attached hydrogen (secondary N) is 2. The van der Waals surface area contributed by atoms with Crippen LogP contribution >= 0.6 is 0 Å². The van der Waals surface area contributed by atoms with Crippen LogP contribution in [0.5, 0.6) is 5.75 Å². The Bertz CT molecular complexity index is 410. The first-order chi connectivity index (χ1) is 7.17. The minimum absolute atomic E-state index is 0.0692. The third-order valence-electron chi connectivity index (χ3n) is 1.71. The molecule has 1 rings (SSSR count). The van der Waals surface area contributed by atoms with Gasteiger partial charge in [-0.25, -0.2) is 4.79 Å². The quantitative estimate of drug-likeness (QED) is 0.638. The van der Waals surface area contributed by atoms with Crippen LogP contribution in [0, 0.1) is 11.3 Å². The molecule has 0 aromatic heterocycles. The topological polar surface area (TPSA) is 85.2 Å². The fraction of sp³-hybridized carbons (Fsp3) is 0.200. The maximum absolute atomic E-state index is 11.1. The number of rotatable bonds is 2. The van der Waals surface area contributed by atoms with Crippen molar-refractivity contribution in [3.05, 3.63) is 23.8 Å². The number of urea groups is 1. The number of hydrogen-bond donors (Lipinski definition) is 3. The second kappa shape index (κ2) is 4.86. The van der Waals surface area contributed by atoms with Crippen molar-refractivity contribution in [3.8, 4) is 11.8 Å². The number of carbonyl (C=O) groups excluding carboxylic acids is 1. The van der Waals surface area contributed by atoms with Crippen molar-refractivity contribution in [3.63, 3.8) is 0 Å². The number of hydrogen-bond acceptors (Lipinski definition) is 3. The van der Waals surface area contributed by atoms with Crippen LogP contribution in [0.15, 0.2) is 18.2 Å². The van der Waals surface area contributed by atoms with Crippen molar-refractivity contribution >= 4 is 11.7 Å². The lowest BCUT2D eigenvalue weighted by Crippen LogP contribution is -2.28. The van der Waals surface area contributed by atoms with E-state index in [4.69, 9.17) is 5.26 Å². The van der Waals surface area contributed by atoms with Crippen molar-refractivity contribution in [2.45, 2.75) is 6.92 Å². The summed E-state index contributed by atoms with van der Waals surface area (Å²) in [4.78, 5) is 11.1. The molecule has 0 unspecified atom stereocenters. The van der Waals surface area contributed by atoms with Gasteiger partial charge in [0, 0.05) is 6.54 Å². The highest BCUT2D eigenvalue weighted by atomic mass is 16.3. The summed E-state index contributed by atoms with van der Waals surface area (Å²) in [7, 11) is 0. The zero-order valence-electron chi connectivity index (χ0n) is 8.24. The highest BCUT2D eigenvalue weighted by Crippen LogP contribution is 2.23. The molecule has 0 heterocycles. The molecule has 0 aliphatic carbocycles. The van der Waals surface area contributed by atoms with E-state index in [0.29, 0.717) is 12.1 Å². The van der Waals surface area contributed by atoms with E-state index in [9.17, 15) is 9.90 Å². The lowest BCUT2D eigenvalue weighted by molar-refractivity contribution is 0.252. The zero-order valence-corrected chi connectivity index (χ0v) is 8.24. The molecule has 0 saturated carbocycles. The van der Waals surface area contributed by atoms with Crippen LogP contribution in [0.25, 0.3) is 0 Å². The van der Waals surface area contributed by atoms with Crippen LogP contribution in [0.1, 0.15) is 12.5 Å². The van der Waals surface area contributed by atoms with E-state index in [2.05, 4.69) is 10.6 Å². The number of anilines is 1. The lowest BCUT2D eigenvalue weighted by atomic mass is 10.2. The van der Waals surface area contributed by atoms with E-state index in [1.54, 1.807) is 6.92 Å². The molecule has 5 nitrogen and oxygen atoms in total. The predicted molar refractivity (Wildman–Crippen MR) is 55.5 cm³/mol. The van der Waals surface area contributed by atoms with E-state index < -0.39 is 6.03 Å². The molecule has 1 aromatic rings. The van der Waals surface area contributed by atoms with Crippen molar-refractivity contribution in [2.24, 2.45) is 0 Å². The van der Waals surface area contributed by atoms with Crippen LogP contribution in [0.4, 0.5) is 10.5 Å². The fourth-order valence-electron chi connectivity index (χ4n) is 1.03. The largest absolute Gasteiger partial charge is 0.506 e. The molecule has 0 radical (unpaired) electrons. The Balaban J connectivity index is 2.85. The number of benzene rings is 1. The van der Waals surface area contributed by atoms with Crippen molar-refractivity contribution in [2.75, 3.05) is 11.9 Å². The summed E-state index contributed by atoms with van der Waals surface area (Å²) in [5.41, 5.74) is 0.597. The van der Waals surface area contributed by atoms with Gasteiger partial charge in [0.2, 0.25) is 0 Å². The van der Waals surface area contributed by atoms with Gasteiger partial charge in [0.15, 0.2) is 0 Å². The Morgan fingerprint density at radius 1 is 1.60 bits per heavy atom. The fourth-order valence-corrected chi connectivity index (χ4v) is 1.03. The molecule has 5 heteroatoms. The summed E-state index contributed by atoms with van der Waals surface area (Å²) in [5, 5.41) is 23.0. The molecule has 2 amide bonds. The summed E-state index contributed by atoms with van der Waals surface area (Å²) in [5.74, 6) is -0.0692. The maximum atomic E-state index is 11.1. The molecule has 15 heavy (non-hydrogen) atoms. The summed E-state index contributed by atoms with van der Waals surface area (Å²) < 4.78 is 0. The Hall–Kier alpha value is -2.22. The number of aromatic hydroxyl groups is 1. The number of phenols is 1. The predicted octanol–water partition coefficient (Wildman–Crippen LogP) is 1.41. The lowest BCUT2D eigenvalue weighted by Gasteiger charge is -2.07. The highest BCUT2D eigenvalue weighted by molar-refractivity contribution is 5.91. The molecule has 78 valence electrons. The molecule has 0 saturated heterocycles. The smallest absolute Gasteiger partial charge is 0.319 e. The molecule has 3 N–H and O–H groups in total. The SMILES string of the molecule is CCNC(=O)Nc1cc(C#N)ccc1O. The first-order valence-electron chi connectivity index (χ1n) is 4.45. The van der Waals surface area contributed by atoms with E-state index in [1.807, 2.05) is 6.07 Å². The molecule has 0 atom stereocenters. The van der Waals surface area contributed by atoms with E-state index in [-0.39, 0.29) is 11.4 Å². The van der Waals surface area contributed by atoms with Crippen LogP contribution < -0.4 is 10.6 Å². The van der Waals surface area contributed by atoms with Crippen molar-refractivity contribution < 1.29 is 9.90 Å². The van der Waals surface area contributed by atoms with Crippen LogP contribution in [-0.2, 0) is 0 Å². The Morgan fingerprint density at radius 2 is 2.33 bits per heavy atom. The van der Waals surface area contributed by atoms with Crippen LogP contribution in [0.3, 0.4) is 0 Å². The second-order valence-electron chi connectivity index (χ2n) is 2.83. The number of nitriles is 1. The molecular formula is C10H11N3O2. The molecule has 0 aliphatic rings. The van der Waals surface area contributed by atoms with Gasteiger partial charge in [-0.2, -0.15) is 5.26 Å². The molecule has 0 fully saturated rings. The minimum atomic E-state index is -0.414.